The highest BCUT2D eigenvalue weighted by atomic mass is 35.5. The molecular formula is C20H29ClN2O5. The summed E-state index contributed by atoms with van der Waals surface area (Å²) >= 11 is 6.50. The van der Waals surface area contributed by atoms with Gasteiger partial charge in [-0.3, -0.25) is 4.90 Å². The summed E-state index contributed by atoms with van der Waals surface area (Å²) in [4.78, 5) is 28.5. The second-order valence-corrected chi connectivity index (χ2v) is 7.80. The third-order valence-corrected chi connectivity index (χ3v) is 4.51. The van der Waals surface area contributed by atoms with Gasteiger partial charge in [0.2, 0.25) is 6.10 Å². The molecule has 0 aliphatic carbocycles. The molecule has 7 nitrogen and oxygen atoms in total. The number of nitrogens with zero attached hydrogens (tertiary/aromatic N) is 2. The van der Waals surface area contributed by atoms with Crippen LogP contribution in [0.5, 0.6) is 5.75 Å². The van der Waals surface area contributed by atoms with Gasteiger partial charge in [-0.25, -0.2) is 9.59 Å². The largest absolute Gasteiger partial charge is 0.475 e. The van der Waals surface area contributed by atoms with E-state index < -0.39 is 23.8 Å². The van der Waals surface area contributed by atoms with Gasteiger partial charge in [0.05, 0.1) is 29.5 Å². The van der Waals surface area contributed by atoms with Gasteiger partial charge in [-0.2, -0.15) is 0 Å². The number of carbonyl (C=O) groups excluding carboxylic acids is 2. The lowest BCUT2D eigenvalue weighted by Gasteiger charge is -2.36. The number of carbonyl (C=O) groups is 2. The molecule has 1 heterocycles. The van der Waals surface area contributed by atoms with Crippen LogP contribution >= 0.6 is 11.6 Å². The standard InChI is InChI=1S/C20H29ClN2O5/c1-7-22(8-2)14-11-16-15(10-13(14)21)23(19(25)28-20(4,5)6)12-17(27-16)18(24)26-9-3/h10-11,17H,7-9,12H2,1-6H3. The smallest absolute Gasteiger partial charge is 0.415 e. The highest BCUT2D eigenvalue weighted by Gasteiger charge is 2.37. The van der Waals surface area contributed by atoms with Gasteiger partial charge < -0.3 is 19.1 Å². The molecule has 1 unspecified atom stereocenters. The van der Waals surface area contributed by atoms with E-state index in [1.807, 2.05) is 13.8 Å². The van der Waals surface area contributed by atoms with E-state index in [4.69, 9.17) is 25.8 Å². The fraction of sp³-hybridized carbons (Fsp3) is 0.600. The second kappa shape index (κ2) is 8.90. The van der Waals surface area contributed by atoms with Crippen molar-refractivity contribution in [3.63, 3.8) is 0 Å². The molecule has 0 N–H and O–H groups in total. The van der Waals surface area contributed by atoms with E-state index in [0.717, 1.165) is 18.8 Å². The van der Waals surface area contributed by atoms with E-state index in [-0.39, 0.29) is 13.2 Å². The lowest BCUT2D eigenvalue weighted by molar-refractivity contribution is -0.151. The molecule has 1 amide bonds. The van der Waals surface area contributed by atoms with Gasteiger partial charge >= 0.3 is 12.1 Å². The number of fused-ring (bicyclic) bond motifs is 1. The Labute approximate surface area is 171 Å². The van der Waals surface area contributed by atoms with Crippen LogP contribution in [0.25, 0.3) is 0 Å². The summed E-state index contributed by atoms with van der Waals surface area (Å²) in [6.45, 7) is 12.8. The first-order valence-corrected chi connectivity index (χ1v) is 9.91. The molecule has 0 fully saturated rings. The van der Waals surface area contributed by atoms with Gasteiger partial charge in [-0.15, -0.1) is 0 Å². The summed E-state index contributed by atoms with van der Waals surface area (Å²) in [6, 6.07) is 3.43. The van der Waals surface area contributed by atoms with Crippen molar-refractivity contribution in [2.45, 2.75) is 53.2 Å². The van der Waals surface area contributed by atoms with E-state index in [1.165, 1.54) is 4.90 Å². The lowest BCUT2D eigenvalue weighted by atomic mass is 10.1. The van der Waals surface area contributed by atoms with Crippen molar-refractivity contribution in [3.8, 4) is 5.75 Å². The first-order valence-electron chi connectivity index (χ1n) is 9.53. The van der Waals surface area contributed by atoms with Crippen LogP contribution in [0.15, 0.2) is 12.1 Å². The van der Waals surface area contributed by atoms with Gasteiger partial charge in [-0.05, 0) is 47.6 Å². The van der Waals surface area contributed by atoms with Crippen molar-refractivity contribution in [1.82, 2.24) is 0 Å². The maximum atomic E-state index is 12.8. The van der Waals surface area contributed by atoms with Crippen LogP contribution in [0.3, 0.4) is 0 Å². The molecule has 1 atom stereocenters. The summed E-state index contributed by atoms with van der Waals surface area (Å²) in [5, 5.41) is 0.495. The Morgan fingerprint density at radius 1 is 1.25 bits per heavy atom. The molecule has 0 saturated carbocycles. The zero-order valence-corrected chi connectivity index (χ0v) is 18.1. The second-order valence-electron chi connectivity index (χ2n) is 7.39. The van der Waals surface area contributed by atoms with E-state index >= 15 is 0 Å². The van der Waals surface area contributed by atoms with Crippen molar-refractivity contribution in [3.05, 3.63) is 17.2 Å². The Morgan fingerprint density at radius 2 is 1.89 bits per heavy atom. The van der Waals surface area contributed by atoms with Crippen molar-refractivity contribution >= 4 is 35.0 Å². The number of hydrogen-bond donors (Lipinski definition) is 0. The summed E-state index contributed by atoms with van der Waals surface area (Å²) in [7, 11) is 0. The Balaban J connectivity index is 2.48. The minimum atomic E-state index is -0.939. The van der Waals surface area contributed by atoms with Crippen LogP contribution in [-0.4, -0.2) is 50.0 Å². The van der Waals surface area contributed by atoms with Crippen LogP contribution in [0.2, 0.25) is 5.02 Å². The molecule has 1 aliphatic heterocycles. The molecule has 1 aliphatic rings. The molecule has 0 bridgehead atoms. The Kier molecular flexibility index (Phi) is 7.04. The molecule has 2 rings (SSSR count). The molecule has 0 spiro atoms. The van der Waals surface area contributed by atoms with Crippen LogP contribution in [0, 0.1) is 0 Å². The predicted molar refractivity (Wildman–Crippen MR) is 110 cm³/mol. The molecule has 156 valence electrons. The van der Waals surface area contributed by atoms with Gasteiger partial charge in [0.25, 0.3) is 0 Å². The molecular weight excluding hydrogens is 384 g/mol. The Bertz CT molecular complexity index is 728. The van der Waals surface area contributed by atoms with E-state index in [1.54, 1.807) is 39.8 Å². The average molecular weight is 413 g/mol. The van der Waals surface area contributed by atoms with Crippen LogP contribution in [0.4, 0.5) is 16.2 Å². The third kappa shape index (κ3) is 5.01. The predicted octanol–water partition coefficient (Wildman–Crippen LogP) is 4.25. The van der Waals surface area contributed by atoms with Crippen molar-refractivity contribution < 1.29 is 23.8 Å². The quantitative estimate of drug-likeness (QED) is 0.673. The van der Waals surface area contributed by atoms with Gasteiger partial charge in [0.1, 0.15) is 11.4 Å². The molecule has 0 radical (unpaired) electrons. The monoisotopic (exact) mass is 412 g/mol. The summed E-state index contributed by atoms with van der Waals surface area (Å²) in [5.41, 5.74) is 0.565. The number of rotatable bonds is 5. The maximum Gasteiger partial charge on any atom is 0.415 e. The zero-order valence-electron chi connectivity index (χ0n) is 17.4. The number of esters is 1. The maximum absolute atomic E-state index is 12.8. The van der Waals surface area contributed by atoms with Crippen molar-refractivity contribution in [1.29, 1.82) is 0 Å². The van der Waals surface area contributed by atoms with E-state index in [0.29, 0.717) is 16.5 Å². The van der Waals surface area contributed by atoms with Crippen molar-refractivity contribution in [2.75, 3.05) is 36.0 Å². The number of amides is 1. The Hall–Kier alpha value is -2.15. The SMILES string of the molecule is CCOC(=O)C1CN(C(=O)OC(C)(C)C)c2cc(Cl)c(N(CC)CC)cc2O1. The minimum Gasteiger partial charge on any atom is -0.475 e. The molecule has 8 heteroatoms. The number of ether oxygens (including phenoxy) is 3. The summed E-state index contributed by atoms with van der Waals surface area (Å²) in [5.74, 6) is -0.137. The van der Waals surface area contributed by atoms with Crippen LogP contribution in [0.1, 0.15) is 41.5 Å². The van der Waals surface area contributed by atoms with E-state index in [9.17, 15) is 9.59 Å². The molecule has 1 aromatic rings. The molecule has 1 aromatic carbocycles. The number of hydrogen-bond acceptors (Lipinski definition) is 6. The highest BCUT2D eigenvalue weighted by molar-refractivity contribution is 6.33. The number of benzene rings is 1. The van der Waals surface area contributed by atoms with Crippen LogP contribution in [-0.2, 0) is 14.3 Å². The fourth-order valence-electron chi connectivity index (χ4n) is 2.95. The topological polar surface area (TPSA) is 68.3 Å². The summed E-state index contributed by atoms with van der Waals surface area (Å²) in [6.07, 6.45) is -1.51. The first kappa shape index (κ1) is 22.1. The molecule has 28 heavy (non-hydrogen) atoms. The number of anilines is 2. The Morgan fingerprint density at radius 3 is 2.43 bits per heavy atom. The lowest BCUT2D eigenvalue weighted by Crippen LogP contribution is -2.49. The normalized spacial score (nSPS) is 16.1. The molecule has 0 aromatic heterocycles. The van der Waals surface area contributed by atoms with E-state index in [2.05, 4.69) is 4.90 Å². The molecule has 0 saturated heterocycles. The van der Waals surface area contributed by atoms with Crippen molar-refractivity contribution in [2.24, 2.45) is 0 Å². The van der Waals surface area contributed by atoms with Gasteiger partial charge in [0.15, 0.2) is 0 Å². The zero-order chi connectivity index (χ0) is 21.1. The van der Waals surface area contributed by atoms with Gasteiger partial charge in [0, 0.05) is 19.2 Å². The average Bonchev–Trinajstić information content (AvgIpc) is 2.61. The third-order valence-electron chi connectivity index (χ3n) is 4.20. The fourth-order valence-corrected chi connectivity index (χ4v) is 3.22. The first-order chi connectivity index (χ1) is 13.1. The number of halogens is 1. The van der Waals surface area contributed by atoms with Gasteiger partial charge in [-0.1, -0.05) is 11.6 Å². The minimum absolute atomic E-state index is 0.0122. The summed E-state index contributed by atoms with van der Waals surface area (Å²) < 4.78 is 16.5. The highest BCUT2D eigenvalue weighted by Crippen LogP contribution is 2.42. The van der Waals surface area contributed by atoms with Crippen LogP contribution < -0.4 is 14.5 Å².